The summed E-state index contributed by atoms with van der Waals surface area (Å²) in [6.45, 7) is 0. The molecule has 1 heterocycles. The molecule has 0 radical (unpaired) electrons. The molecule has 0 saturated heterocycles. The fourth-order valence-electron chi connectivity index (χ4n) is 2.30. The molecule has 116 valence electrons. The number of urea groups is 1. The molecule has 3 rings (SSSR count). The van der Waals surface area contributed by atoms with E-state index >= 15 is 0 Å². The molecule has 0 aliphatic rings. The van der Waals surface area contributed by atoms with Crippen LogP contribution in [0.4, 0.5) is 16.2 Å². The first-order valence-electron chi connectivity index (χ1n) is 7.23. The van der Waals surface area contributed by atoms with Crippen molar-refractivity contribution in [1.29, 1.82) is 0 Å². The van der Waals surface area contributed by atoms with Crippen LogP contribution >= 0.6 is 0 Å². The van der Waals surface area contributed by atoms with Gasteiger partial charge in [-0.2, -0.15) is 0 Å². The van der Waals surface area contributed by atoms with E-state index in [1.807, 2.05) is 68.8 Å². The molecule has 5 heteroatoms. The van der Waals surface area contributed by atoms with E-state index in [2.05, 4.69) is 20.0 Å². The van der Waals surface area contributed by atoms with Gasteiger partial charge >= 0.3 is 6.03 Å². The molecule has 0 atom stereocenters. The van der Waals surface area contributed by atoms with E-state index in [-0.39, 0.29) is 6.03 Å². The molecule has 2 aromatic carbocycles. The van der Waals surface area contributed by atoms with Crippen LogP contribution < -0.4 is 10.6 Å². The van der Waals surface area contributed by atoms with E-state index in [9.17, 15) is 4.79 Å². The number of carbonyl (C=O) groups excluding carboxylic acids is 1. The molecule has 23 heavy (non-hydrogen) atoms. The lowest BCUT2D eigenvalue weighted by Crippen LogP contribution is -2.19. The second kappa shape index (κ2) is 6.36. The molecule has 0 aliphatic heterocycles. The summed E-state index contributed by atoms with van der Waals surface area (Å²) in [4.78, 5) is 16.5. The Labute approximate surface area is 134 Å². The molecular weight excluding hydrogens is 290 g/mol. The minimum Gasteiger partial charge on any atom is -0.576 e. The van der Waals surface area contributed by atoms with E-state index in [1.165, 1.54) is 0 Å². The van der Waals surface area contributed by atoms with Crippen molar-refractivity contribution in [2.75, 3.05) is 24.9 Å². The first-order valence-corrected chi connectivity index (χ1v) is 7.23. The van der Waals surface area contributed by atoms with E-state index in [0.717, 1.165) is 22.3 Å². The summed E-state index contributed by atoms with van der Waals surface area (Å²) in [6.07, 6.45) is 1.71. The number of para-hydroxylation sites is 1. The Morgan fingerprint density at radius 1 is 0.957 bits per heavy atom. The summed E-state index contributed by atoms with van der Waals surface area (Å²) in [5.74, 6) is 0.995. The number of carbonyl (C=O) groups is 1. The van der Waals surface area contributed by atoms with Gasteiger partial charge in [-0.15, -0.1) is 0 Å². The number of rotatable bonds is 3. The fraction of sp³-hybridized carbons (Fsp3) is 0.111. The van der Waals surface area contributed by atoms with E-state index in [1.54, 1.807) is 6.20 Å². The van der Waals surface area contributed by atoms with Crippen LogP contribution in [0.2, 0.25) is 0 Å². The average Bonchev–Trinajstić information content (AvgIpc) is 2.55. The van der Waals surface area contributed by atoms with Gasteiger partial charge in [-0.1, -0.05) is 18.2 Å². The van der Waals surface area contributed by atoms with Crippen molar-refractivity contribution in [3.8, 4) is 5.75 Å². The highest BCUT2D eigenvalue weighted by molar-refractivity contribution is 6.04. The van der Waals surface area contributed by atoms with Gasteiger partial charge in [-0.25, -0.2) is 4.79 Å². The van der Waals surface area contributed by atoms with Gasteiger partial charge in [0.2, 0.25) is 0 Å². The zero-order valence-corrected chi connectivity index (χ0v) is 13.0. The van der Waals surface area contributed by atoms with Crippen molar-refractivity contribution in [2.45, 2.75) is 0 Å². The maximum absolute atomic E-state index is 12.2. The SMILES string of the molecule is C[O+](C)c1ccc(NC(=O)Nc2cccc3cccnc23)cc1. The topological polar surface area (TPSA) is 56.7 Å². The summed E-state index contributed by atoms with van der Waals surface area (Å²) >= 11 is 0. The third-order valence-electron chi connectivity index (χ3n) is 3.46. The van der Waals surface area contributed by atoms with Crippen LogP contribution in [0.15, 0.2) is 60.8 Å². The molecule has 3 aromatic rings. The summed E-state index contributed by atoms with van der Waals surface area (Å²) in [7, 11) is 3.78. The number of aromatic nitrogens is 1. The Morgan fingerprint density at radius 3 is 2.43 bits per heavy atom. The molecular formula is C18H18N3O2+. The third-order valence-corrected chi connectivity index (χ3v) is 3.46. The van der Waals surface area contributed by atoms with Gasteiger partial charge in [0.1, 0.15) is 0 Å². The van der Waals surface area contributed by atoms with Crippen molar-refractivity contribution in [3.63, 3.8) is 0 Å². The fourth-order valence-corrected chi connectivity index (χ4v) is 2.30. The van der Waals surface area contributed by atoms with Crippen molar-refractivity contribution < 1.29 is 9.16 Å². The second-order valence-electron chi connectivity index (χ2n) is 5.30. The van der Waals surface area contributed by atoms with Crippen LogP contribution in [0.25, 0.3) is 10.9 Å². The van der Waals surface area contributed by atoms with Gasteiger partial charge in [0.05, 0.1) is 11.2 Å². The second-order valence-corrected chi connectivity index (χ2v) is 5.30. The van der Waals surface area contributed by atoms with Crippen molar-refractivity contribution in [3.05, 3.63) is 60.8 Å². The van der Waals surface area contributed by atoms with Crippen molar-refractivity contribution in [2.24, 2.45) is 0 Å². The van der Waals surface area contributed by atoms with Crippen LogP contribution in [-0.4, -0.2) is 25.2 Å². The standard InChI is InChI=1S/C18H17N3O2/c1-23(2)15-10-8-14(9-11-15)20-18(22)21-16-7-3-5-13-6-4-12-19-17(13)16/h3-12H,1-2H3,(H-,20,21,22)/p+1. The number of hydrogen-bond donors (Lipinski definition) is 2. The van der Waals surface area contributed by atoms with Gasteiger partial charge < -0.3 is 15.0 Å². The minimum absolute atomic E-state index is 0.298. The van der Waals surface area contributed by atoms with Crippen LogP contribution in [0, 0.1) is 0 Å². The third kappa shape index (κ3) is 3.40. The first-order chi connectivity index (χ1) is 11.1. The number of anilines is 2. The molecule has 5 nitrogen and oxygen atoms in total. The number of amides is 2. The number of benzene rings is 2. The molecule has 2 amide bonds. The van der Waals surface area contributed by atoms with Gasteiger partial charge in [-0.05, 0) is 24.3 Å². The zero-order chi connectivity index (χ0) is 16.2. The maximum atomic E-state index is 12.2. The molecule has 0 spiro atoms. The van der Waals surface area contributed by atoms with Gasteiger partial charge in [0.25, 0.3) is 5.75 Å². The van der Waals surface area contributed by atoms with Crippen LogP contribution in [0.3, 0.4) is 0 Å². The molecule has 0 aliphatic carbocycles. The highest BCUT2D eigenvalue weighted by atomic mass is 16.7. The normalized spacial score (nSPS) is 10.3. The Morgan fingerprint density at radius 2 is 1.70 bits per heavy atom. The Hall–Kier alpha value is -3.08. The highest BCUT2D eigenvalue weighted by Crippen LogP contribution is 2.23. The van der Waals surface area contributed by atoms with E-state index < -0.39 is 0 Å². The zero-order valence-electron chi connectivity index (χ0n) is 13.0. The monoisotopic (exact) mass is 308 g/mol. The quantitative estimate of drug-likeness (QED) is 0.704. The summed E-state index contributed by atoms with van der Waals surface area (Å²) in [6, 6.07) is 16.8. The van der Waals surface area contributed by atoms with Gasteiger partial charge in [-0.3, -0.25) is 4.98 Å². The van der Waals surface area contributed by atoms with Gasteiger partial charge in [0, 0.05) is 29.4 Å². The van der Waals surface area contributed by atoms with Crippen LogP contribution in [0.5, 0.6) is 5.75 Å². The van der Waals surface area contributed by atoms with E-state index in [4.69, 9.17) is 0 Å². The van der Waals surface area contributed by atoms with Crippen LogP contribution in [-0.2, 0) is 4.37 Å². The molecule has 0 fully saturated rings. The minimum atomic E-state index is -0.298. The Balaban J connectivity index is 1.73. The number of nitrogens with one attached hydrogen (secondary N) is 2. The molecule has 1 aromatic heterocycles. The number of nitrogens with zero attached hydrogens (tertiary/aromatic N) is 1. The summed E-state index contributed by atoms with van der Waals surface area (Å²) in [5, 5.41) is 6.64. The van der Waals surface area contributed by atoms with E-state index in [0.29, 0.717) is 5.69 Å². The van der Waals surface area contributed by atoms with Crippen molar-refractivity contribution >= 4 is 28.3 Å². The van der Waals surface area contributed by atoms with Crippen LogP contribution in [0.1, 0.15) is 0 Å². The van der Waals surface area contributed by atoms with Crippen molar-refractivity contribution in [1.82, 2.24) is 4.98 Å². The molecule has 0 bridgehead atoms. The molecule has 0 saturated carbocycles. The number of fused-ring (bicyclic) bond motifs is 1. The lowest BCUT2D eigenvalue weighted by molar-refractivity contribution is 0.0493. The maximum Gasteiger partial charge on any atom is 0.323 e. The lowest BCUT2D eigenvalue weighted by Gasteiger charge is -2.13. The smallest absolute Gasteiger partial charge is 0.323 e. The lowest BCUT2D eigenvalue weighted by atomic mass is 10.2. The molecule has 0 unspecified atom stereocenters. The predicted octanol–water partition coefficient (Wildman–Crippen LogP) is 4.40. The summed E-state index contributed by atoms with van der Waals surface area (Å²) < 4.78 is 2.77. The number of pyridine rings is 1. The number of hydrogen-bond acceptors (Lipinski definition) is 2. The predicted molar refractivity (Wildman–Crippen MR) is 93.2 cm³/mol. The Bertz CT molecular complexity index is 824. The molecule has 2 N–H and O–H groups in total. The average molecular weight is 308 g/mol. The van der Waals surface area contributed by atoms with Gasteiger partial charge in [0.15, 0.2) is 14.2 Å². The highest BCUT2D eigenvalue weighted by Gasteiger charge is 2.07. The first kappa shape index (κ1) is 14.8. The summed E-state index contributed by atoms with van der Waals surface area (Å²) in [5.41, 5.74) is 2.17. The Kier molecular flexibility index (Phi) is 4.10. The largest absolute Gasteiger partial charge is 0.576 e.